The molecular formula is C7H10NO5PS. The summed E-state index contributed by atoms with van der Waals surface area (Å²) in [6.45, 7) is 0. The molecule has 0 spiro atoms. The average molecular weight is 251 g/mol. The predicted octanol–water partition coefficient (Wildman–Crippen LogP) is 0.178. The summed E-state index contributed by atoms with van der Waals surface area (Å²) in [4.78, 5) is 17.0. The van der Waals surface area contributed by atoms with Crippen molar-refractivity contribution in [2.75, 3.05) is 11.2 Å². The molecule has 1 aromatic rings. The molecule has 0 amide bonds. The van der Waals surface area contributed by atoms with Gasteiger partial charge in [-0.05, 0) is 24.3 Å². The molecule has 15 heavy (non-hydrogen) atoms. The van der Waals surface area contributed by atoms with Gasteiger partial charge in [0.1, 0.15) is 0 Å². The number of nitrogen functional groups attached to an aromatic ring is 1. The first-order valence-electron chi connectivity index (χ1n) is 3.83. The van der Waals surface area contributed by atoms with Crippen LogP contribution in [0.5, 0.6) is 0 Å². The third kappa shape index (κ3) is 3.64. The van der Waals surface area contributed by atoms with E-state index in [4.69, 9.17) is 15.5 Å². The smallest absolute Gasteiger partial charge is 0.340 e. The fourth-order valence-electron chi connectivity index (χ4n) is 0.971. The van der Waals surface area contributed by atoms with Gasteiger partial charge in [-0.15, -0.1) is 0 Å². The van der Waals surface area contributed by atoms with Crippen LogP contribution in [0.4, 0.5) is 5.69 Å². The number of benzene rings is 1. The molecule has 0 aromatic heterocycles. The Balaban J connectivity index is 3.07. The van der Waals surface area contributed by atoms with Crippen molar-refractivity contribution in [3.05, 3.63) is 24.3 Å². The van der Waals surface area contributed by atoms with Crippen LogP contribution in [0.3, 0.4) is 0 Å². The summed E-state index contributed by atoms with van der Waals surface area (Å²) in [5.74, 6) is 0. The van der Waals surface area contributed by atoms with Gasteiger partial charge in [0.25, 0.3) is 0 Å². The van der Waals surface area contributed by atoms with Crippen LogP contribution < -0.4 is 5.73 Å². The quantitative estimate of drug-likeness (QED) is 0.521. The van der Waals surface area contributed by atoms with Gasteiger partial charge in [-0.25, -0.2) is 8.42 Å². The Kier molecular flexibility index (Phi) is 3.20. The lowest BCUT2D eigenvalue weighted by Crippen LogP contribution is -2.07. The van der Waals surface area contributed by atoms with E-state index in [0.717, 1.165) is 0 Å². The van der Waals surface area contributed by atoms with Crippen LogP contribution >= 0.6 is 7.60 Å². The normalized spacial score (nSPS) is 12.7. The third-order valence-corrected chi connectivity index (χ3v) is 5.27. The Morgan fingerprint density at radius 2 is 1.67 bits per heavy atom. The minimum absolute atomic E-state index is 0.153. The number of sulfone groups is 1. The summed E-state index contributed by atoms with van der Waals surface area (Å²) in [5.41, 5.74) is 4.54. The molecule has 0 atom stereocenters. The minimum Gasteiger partial charge on any atom is -0.399 e. The Hall–Kier alpha value is -0.880. The second-order valence-electron chi connectivity index (χ2n) is 2.98. The highest BCUT2D eigenvalue weighted by molar-refractivity contribution is 7.97. The molecule has 6 nitrogen and oxygen atoms in total. The molecular weight excluding hydrogens is 241 g/mol. The molecule has 0 saturated carbocycles. The predicted molar refractivity (Wildman–Crippen MR) is 55.0 cm³/mol. The lowest BCUT2D eigenvalue weighted by molar-refractivity contribution is 0.378. The highest BCUT2D eigenvalue weighted by Gasteiger charge is 2.26. The van der Waals surface area contributed by atoms with Crippen molar-refractivity contribution in [1.82, 2.24) is 0 Å². The van der Waals surface area contributed by atoms with Crippen molar-refractivity contribution < 1.29 is 22.8 Å². The van der Waals surface area contributed by atoms with E-state index in [0.29, 0.717) is 5.69 Å². The van der Waals surface area contributed by atoms with Gasteiger partial charge in [-0.2, -0.15) is 0 Å². The standard InChI is InChI=1S/C7H10NO5PS/c8-6-1-3-7(4-2-6)15(12,13)5-14(9,10)11/h1-4H,5,8H2,(H2,9,10,11). The zero-order chi connectivity index (χ0) is 11.7. The highest BCUT2D eigenvalue weighted by atomic mass is 32.2. The summed E-state index contributed by atoms with van der Waals surface area (Å²) in [6, 6.07) is 5.12. The van der Waals surface area contributed by atoms with E-state index >= 15 is 0 Å². The lowest BCUT2D eigenvalue weighted by atomic mass is 10.3. The molecule has 0 radical (unpaired) electrons. The molecule has 0 bridgehead atoms. The number of hydrogen-bond acceptors (Lipinski definition) is 4. The first-order valence-corrected chi connectivity index (χ1v) is 7.28. The number of rotatable bonds is 3. The largest absolute Gasteiger partial charge is 0.399 e. The van der Waals surface area contributed by atoms with Gasteiger partial charge in [-0.3, -0.25) is 4.57 Å². The summed E-state index contributed by atoms with van der Waals surface area (Å²) in [5, 5.41) is 0. The average Bonchev–Trinajstić information content (AvgIpc) is 2.00. The van der Waals surface area contributed by atoms with Crippen LogP contribution in [0.2, 0.25) is 0 Å². The SMILES string of the molecule is Nc1ccc(S(=O)(=O)CP(=O)(O)O)cc1. The van der Waals surface area contributed by atoms with E-state index in [-0.39, 0.29) is 4.90 Å². The first kappa shape index (κ1) is 12.2. The molecule has 1 rings (SSSR count). The molecule has 1 aromatic carbocycles. The van der Waals surface area contributed by atoms with Crippen molar-refractivity contribution in [2.45, 2.75) is 4.90 Å². The van der Waals surface area contributed by atoms with Gasteiger partial charge in [-0.1, -0.05) is 0 Å². The minimum atomic E-state index is -4.58. The van der Waals surface area contributed by atoms with E-state index in [1.54, 1.807) is 0 Å². The van der Waals surface area contributed by atoms with Gasteiger partial charge in [0.05, 0.1) is 4.90 Å². The molecule has 0 unspecified atom stereocenters. The van der Waals surface area contributed by atoms with Gasteiger partial charge < -0.3 is 15.5 Å². The molecule has 0 aliphatic rings. The monoisotopic (exact) mass is 251 g/mol. The number of nitrogens with two attached hydrogens (primary N) is 1. The van der Waals surface area contributed by atoms with Gasteiger partial charge in [0.15, 0.2) is 15.3 Å². The van der Waals surface area contributed by atoms with Crippen LogP contribution in [-0.4, -0.2) is 23.7 Å². The summed E-state index contributed by atoms with van der Waals surface area (Å²) < 4.78 is 33.4. The first-order chi connectivity index (χ1) is 6.71. The van der Waals surface area contributed by atoms with Gasteiger partial charge in [0.2, 0.25) is 0 Å². The van der Waals surface area contributed by atoms with Crippen molar-refractivity contribution in [3.63, 3.8) is 0 Å². The zero-order valence-electron chi connectivity index (χ0n) is 7.57. The van der Waals surface area contributed by atoms with E-state index < -0.39 is 22.9 Å². The van der Waals surface area contributed by atoms with Crippen molar-refractivity contribution in [3.8, 4) is 0 Å². The molecule has 0 aliphatic heterocycles. The molecule has 0 fully saturated rings. The van der Waals surface area contributed by atoms with E-state index in [1.165, 1.54) is 24.3 Å². The van der Waals surface area contributed by atoms with Crippen LogP contribution in [0.25, 0.3) is 0 Å². The Morgan fingerprint density at radius 1 is 1.20 bits per heavy atom. The second kappa shape index (κ2) is 3.94. The van der Waals surface area contributed by atoms with Gasteiger partial charge in [0, 0.05) is 5.69 Å². The van der Waals surface area contributed by atoms with Crippen LogP contribution in [-0.2, 0) is 14.4 Å². The summed E-state index contributed by atoms with van der Waals surface area (Å²) in [7, 11) is -8.54. The zero-order valence-corrected chi connectivity index (χ0v) is 9.28. The van der Waals surface area contributed by atoms with Crippen molar-refractivity contribution in [2.24, 2.45) is 0 Å². The molecule has 4 N–H and O–H groups in total. The molecule has 0 aliphatic carbocycles. The molecule has 8 heteroatoms. The van der Waals surface area contributed by atoms with Crippen molar-refractivity contribution in [1.29, 1.82) is 0 Å². The van der Waals surface area contributed by atoms with E-state index in [2.05, 4.69) is 0 Å². The Morgan fingerprint density at radius 3 is 2.07 bits per heavy atom. The van der Waals surface area contributed by atoms with Gasteiger partial charge >= 0.3 is 7.60 Å². The Bertz CT molecular complexity index is 489. The van der Waals surface area contributed by atoms with E-state index in [9.17, 15) is 13.0 Å². The molecule has 84 valence electrons. The summed E-state index contributed by atoms with van der Waals surface area (Å²) >= 11 is 0. The Labute approximate surface area is 86.8 Å². The maximum absolute atomic E-state index is 11.4. The number of hydrogen-bond donors (Lipinski definition) is 3. The van der Waals surface area contributed by atoms with E-state index in [1.807, 2.05) is 0 Å². The van der Waals surface area contributed by atoms with Crippen LogP contribution in [0, 0.1) is 0 Å². The summed E-state index contributed by atoms with van der Waals surface area (Å²) in [6.07, 6.45) is 0. The van der Waals surface area contributed by atoms with Crippen molar-refractivity contribution >= 4 is 23.1 Å². The third-order valence-electron chi connectivity index (χ3n) is 1.58. The second-order valence-corrected chi connectivity index (χ2v) is 7.04. The van der Waals surface area contributed by atoms with Crippen LogP contribution in [0.1, 0.15) is 0 Å². The maximum atomic E-state index is 11.4. The molecule has 0 saturated heterocycles. The molecule has 0 heterocycles. The topological polar surface area (TPSA) is 118 Å². The maximum Gasteiger partial charge on any atom is 0.340 e. The highest BCUT2D eigenvalue weighted by Crippen LogP contribution is 2.38. The fraction of sp³-hybridized carbons (Fsp3) is 0.143. The van der Waals surface area contributed by atoms with Crippen LogP contribution in [0.15, 0.2) is 29.2 Å². The fourth-order valence-corrected chi connectivity index (χ4v) is 3.89. The lowest BCUT2D eigenvalue weighted by Gasteiger charge is -2.05. The number of anilines is 1.